The van der Waals surface area contributed by atoms with Crippen LogP contribution in [0.3, 0.4) is 0 Å². The third-order valence-electron chi connectivity index (χ3n) is 2.42. The summed E-state index contributed by atoms with van der Waals surface area (Å²) in [7, 11) is 4.01. The van der Waals surface area contributed by atoms with E-state index in [2.05, 4.69) is 10.2 Å². The Morgan fingerprint density at radius 2 is 2.00 bits per heavy atom. The van der Waals surface area contributed by atoms with Gasteiger partial charge in [0.1, 0.15) is 0 Å². The van der Waals surface area contributed by atoms with Gasteiger partial charge in [0.05, 0.1) is 0 Å². The van der Waals surface area contributed by atoms with Crippen LogP contribution in [0.2, 0.25) is 0 Å². The van der Waals surface area contributed by atoms with Crippen LogP contribution in [0.25, 0.3) is 0 Å². The number of nitrogens with zero attached hydrogens (tertiary/aromatic N) is 1. The van der Waals surface area contributed by atoms with Crippen molar-refractivity contribution in [1.82, 2.24) is 10.2 Å². The van der Waals surface area contributed by atoms with Crippen molar-refractivity contribution in [3.63, 3.8) is 0 Å². The van der Waals surface area contributed by atoms with Crippen LogP contribution in [0.15, 0.2) is 24.3 Å². The maximum atomic E-state index is 11.9. The molecule has 1 aromatic carbocycles. The average molecular weight is 308 g/mol. The molecular formula is C13H23Cl2N3O. The minimum absolute atomic E-state index is 0. The molecule has 4 nitrogen and oxygen atoms in total. The molecule has 19 heavy (non-hydrogen) atoms. The molecule has 110 valence electrons. The zero-order valence-electron chi connectivity index (χ0n) is 11.6. The van der Waals surface area contributed by atoms with Crippen molar-refractivity contribution >= 4 is 30.7 Å². The van der Waals surface area contributed by atoms with E-state index in [-0.39, 0.29) is 36.8 Å². The van der Waals surface area contributed by atoms with Gasteiger partial charge >= 0.3 is 0 Å². The smallest absolute Gasteiger partial charge is 0.251 e. The number of carbonyl (C=O) groups is 1. The van der Waals surface area contributed by atoms with E-state index in [1.165, 1.54) is 0 Å². The Morgan fingerprint density at radius 3 is 2.53 bits per heavy atom. The van der Waals surface area contributed by atoms with E-state index in [0.29, 0.717) is 12.1 Å². The second kappa shape index (κ2) is 10.0. The van der Waals surface area contributed by atoms with Gasteiger partial charge < -0.3 is 16.0 Å². The number of benzene rings is 1. The lowest BCUT2D eigenvalue weighted by Crippen LogP contribution is -2.37. The largest absolute Gasteiger partial charge is 0.348 e. The maximum Gasteiger partial charge on any atom is 0.251 e. The number of hydrogen-bond acceptors (Lipinski definition) is 3. The first kappa shape index (κ1) is 20.5. The molecule has 3 N–H and O–H groups in total. The minimum Gasteiger partial charge on any atom is -0.348 e. The topological polar surface area (TPSA) is 58.4 Å². The van der Waals surface area contributed by atoms with Gasteiger partial charge in [0.2, 0.25) is 0 Å². The van der Waals surface area contributed by atoms with E-state index >= 15 is 0 Å². The van der Waals surface area contributed by atoms with Crippen LogP contribution in [-0.4, -0.2) is 37.5 Å². The monoisotopic (exact) mass is 307 g/mol. The van der Waals surface area contributed by atoms with Gasteiger partial charge in [0, 0.05) is 24.7 Å². The number of rotatable bonds is 5. The highest BCUT2D eigenvalue weighted by atomic mass is 35.5. The molecule has 0 aliphatic carbocycles. The van der Waals surface area contributed by atoms with Gasteiger partial charge in [-0.15, -0.1) is 24.8 Å². The zero-order chi connectivity index (χ0) is 12.8. The summed E-state index contributed by atoms with van der Waals surface area (Å²) >= 11 is 0. The molecule has 1 atom stereocenters. The molecule has 0 saturated heterocycles. The minimum atomic E-state index is -0.0662. The number of nitrogens with one attached hydrogen (secondary N) is 1. The number of nitrogens with two attached hydrogens (primary N) is 1. The SMILES string of the molecule is C[C@@H](CN)NC(=O)c1cccc(CN(C)C)c1.Cl.Cl. The van der Waals surface area contributed by atoms with Crippen molar-refractivity contribution < 1.29 is 4.79 Å². The van der Waals surface area contributed by atoms with Crippen molar-refractivity contribution in [2.45, 2.75) is 19.5 Å². The summed E-state index contributed by atoms with van der Waals surface area (Å²) in [4.78, 5) is 13.9. The van der Waals surface area contributed by atoms with Crippen LogP contribution in [0.5, 0.6) is 0 Å². The number of carbonyl (C=O) groups excluding carboxylic acids is 1. The van der Waals surface area contributed by atoms with Crippen molar-refractivity contribution in [2.75, 3.05) is 20.6 Å². The summed E-state index contributed by atoms with van der Waals surface area (Å²) in [5, 5.41) is 2.85. The predicted octanol–water partition coefficient (Wildman–Crippen LogP) is 1.67. The van der Waals surface area contributed by atoms with E-state index in [1.807, 2.05) is 45.3 Å². The van der Waals surface area contributed by atoms with Gasteiger partial charge in [-0.2, -0.15) is 0 Å². The quantitative estimate of drug-likeness (QED) is 0.870. The summed E-state index contributed by atoms with van der Waals surface area (Å²) in [6, 6.07) is 7.65. The van der Waals surface area contributed by atoms with Gasteiger partial charge in [-0.3, -0.25) is 4.79 Å². The van der Waals surface area contributed by atoms with Gasteiger partial charge in [0.15, 0.2) is 0 Å². The second-order valence-electron chi connectivity index (χ2n) is 4.55. The van der Waals surface area contributed by atoms with E-state index in [1.54, 1.807) is 0 Å². The fourth-order valence-corrected chi connectivity index (χ4v) is 1.54. The summed E-state index contributed by atoms with van der Waals surface area (Å²) in [5.74, 6) is -0.0662. The Kier molecular flexibility index (Phi) is 10.8. The summed E-state index contributed by atoms with van der Waals surface area (Å²) < 4.78 is 0. The van der Waals surface area contributed by atoms with E-state index in [9.17, 15) is 4.79 Å². The van der Waals surface area contributed by atoms with Crippen molar-refractivity contribution in [3.8, 4) is 0 Å². The number of hydrogen-bond donors (Lipinski definition) is 2. The molecule has 0 unspecified atom stereocenters. The van der Waals surface area contributed by atoms with Gasteiger partial charge in [-0.05, 0) is 38.7 Å². The maximum absolute atomic E-state index is 11.9. The van der Waals surface area contributed by atoms with Gasteiger partial charge in [-0.1, -0.05) is 12.1 Å². The van der Waals surface area contributed by atoms with Crippen LogP contribution < -0.4 is 11.1 Å². The molecule has 0 aliphatic heterocycles. The first-order valence-corrected chi connectivity index (χ1v) is 5.77. The molecule has 1 amide bonds. The van der Waals surface area contributed by atoms with Crippen molar-refractivity contribution in [1.29, 1.82) is 0 Å². The van der Waals surface area contributed by atoms with Crippen LogP contribution in [0, 0.1) is 0 Å². The summed E-state index contributed by atoms with van der Waals surface area (Å²) in [6.07, 6.45) is 0. The Balaban J connectivity index is 0. The van der Waals surface area contributed by atoms with Crippen LogP contribution in [0.4, 0.5) is 0 Å². The van der Waals surface area contributed by atoms with Crippen LogP contribution >= 0.6 is 24.8 Å². The third kappa shape index (κ3) is 7.38. The first-order chi connectivity index (χ1) is 8.02. The van der Waals surface area contributed by atoms with E-state index in [0.717, 1.165) is 12.1 Å². The molecule has 6 heteroatoms. The van der Waals surface area contributed by atoms with Crippen LogP contribution in [-0.2, 0) is 6.54 Å². The number of amides is 1. The molecule has 0 radical (unpaired) electrons. The molecule has 0 saturated carbocycles. The molecular weight excluding hydrogens is 285 g/mol. The lowest BCUT2D eigenvalue weighted by Gasteiger charge is -2.13. The van der Waals surface area contributed by atoms with Gasteiger partial charge in [0.25, 0.3) is 5.91 Å². The molecule has 1 rings (SSSR count). The Bertz CT molecular complexity index is 386. The fraction of sp³-hybridized carbons (Fsp3) is 0.462. The highest BCUT2D eigenvalue weighted by Crippen LogP contribution is 2.07. The molecule has 0 fully saturated rings. The molecule has 0 heterocycles. The summed E-state index contributed by atoms with van der Waals surface area (Å²) in [5.41, 5.74) is 7.29. The Hall–Kier alpha value is -0.810. The normalized spacial score (nSPS) is 11.2. The fourth-order valence-electron chi connectivity index (χ4n) is 1.54. The molecule has 0 aliphatic rings. The van der Waals surface area contributed by atoms with E-state index < -0.39 is 0 Å². The third-order valence-corrected chi connectivity index (χ3v) is 2.42. The van der Waals surface area contributed by atoms with Crippen molar-refractivity contribution in [3.05, 3.63) is 35.4 Å². The highest BCUT2D eigenvalue weighted by Gasteiger charge is 2.08. The lowest BCUT2D eigenvalue weighted by atomic mass is 10.1. The zero-order valence-corrected chi connectivity index (χ0v) is 13.2. The molecule has 0 aromatic heterocycles. The van der Waals surface area contributed by atoms with Gasteiger partial charge in [-0.25, -0.2) is 0 Å². The Morgan fingerprint density at radius 1 is 1.37 bits per heavy atom. The molecule has 0 bridgehead atoms. The second-order valence-corrected chi connectivity index (χ2v) is 4.55. The lowest BCUT2D eigenvalue weighted by molar-refractivity contribution is 0.0941. The van der Waals surface area contributed by atoms with Crippen molar-refractivity contribution in [2.24, 2.45) is 5.73 Å². The summed E-state index contributed by atoms with van der Waals surface area (Å²) in [6.45, 7) is 3.16. The highest BCUT2D eigenvalue weighted by molar-refractivity contribution is 5.94. The molecule has 0 spiro atoms. The van der Waals surface area contributed by atoms with Crippen LogP contribution in [0.1, 0.15) is 22.8 Å². The average Bonchev–Trinajstić information content (AvgIpc) is 2.28. The predicted molar refractivity (Wildman–Crippen MR) is 84.3 cm³/mol. The first-order valence-electron chi connectivity index (χ1n) is 5.77. The standard InChI is InChI=1S/C13H21N3O.2ClH/c1-10(8-14)15-13(17)12-6-4-5-11(7-12)9-16(2)3;;/h4-7,10H,8-9,14H2,1-3H3,(H,15,17);2*1H/t10-;;/m0../s1. The van der Waals surface area contributed by atoms with E-state index in [4.69, 9.17) is 5.73 Å². The Labute approximate surface area is 127 Å². The number of halogens is 2. The molecule has 1 aromatic rings.